The number of nitro groups is 1. The van der Waals surface area contributed by atoms with Crippen LogP contribution in [0.5, 0.6) is 23.0 Å². The van der Waals surface area contributed by atoms with Crippen molar-refractivity contribution in [1.29, 1.82) is 0 Å². The molecule has 9 nitrogen and oxygen atoms in total. The van der Waals surface area contributed by atoms with Gasteiger partial charge >= 0.3 is 5.69 Å². The van der Waals surface area contributed by atoms with Gasteiger partial charge in [-0.15, -0.1) is 0 Å². The number of hydrogen-bond donors (Lipinski definition) is 1. The summed E-state index contributed by atoms with van der Waals surface area (Å²) in [4.78, 5) is 22.5. The van der Waals surface area contributed by atoms with Crippen molar-refractivity contribution in [3.05, 3.63) is 51.0 Å². The Bertz CT molecular complexity index is 873. The highest BCUT2D eigenvalue weighted by atomic mass is 35.5. The van der Waals surface area contributed by atoms with Gasteiger partial charge in [-0.3, -0.25) is 14.9 Å². The number of carbonyl (C=O) groups excluding carboxylic acids is 1. The van der Waals surface area contributed by atoms with Gasteiger partial charge < -0.3 is 24.3 Å². The molecule has 0 unspecified atom stereocenters. The molecule has 2 aromatic rings. The van der Waals surface area contributed by atoms with E-state index in [-0.39, 0.29) is 23.0 Å². The van der Waals surface area contributed by atoms with Crippen LogP contribution in [0.3, 0.4) is 0 Å². The number of hydrogen-bond acceptors (Lipinski definition) is 7. The van der Waals surface area contributed by atoms with Crippen LogP contribution >= 0.6 is 11.6 Å². The second-order valence-corrected chi connectivity index (χ2v) is 5.89. The monoisotopic (exact) mass is 410 g/mol. The SMILES string of the molecule is COc1cc(OC)c(OC)cc1CNC(=O)COc1ccc(Cl)cc1[N+](=O)[O-]. The summed E-state index contributed by atoms with van der Waals surface area (Å²) in [6, 6.07) is 7.27. The largest absolute Gasteiger partial charge is 0.496 e. The molecular weight excluding hydrogens is 392 g/mol. The van der Waals surface area contributed by atoms with Crippen molar-refractivity contribution in [2.75, 3.05) is 27.9 Å². The van der Waals surface area contributed by atoms with Crippen molar-refractivity contribution >= 4 is 23.2 Å². The topological polar surface area (TPSA) is 109 Å². The van der Waals surface area contributed by atoms with Gasteiger partial charge in [0.05, 0.1) is 26.3 Å². The molecule has 0 fully saturated rings. The molecule has 2 aromatic carbocycles. The molecule has 0 atom stereocenters. The molecule has 0 aliphatic rings. The van der Waals surface area contributed by atoms with Crippen LogP contribution < -0.4 is 24.3 Å². The maximum absolute atomic E-state index is 12.1. The minimum absolute atomic E-state index is 0.0479. The van der Waals surface area contributed by atoms with Crippen LogP contribution in [0.1, 0.15) is 5.56 Å². The van der Waals surface area contributed by atoms with Crippen molar-refractivity contribution < 1.29 is 28.7 Å². The van der Waals surface area contributed by atoms with E-state index in [4.69, 9.17) is 30.5 Å². The molecule has 0 saturated carbocycles. The lowest BCUT2D eigenvalue weighted by atomic mass is 10.1. The van der Waals surface area contributed by atoms with E-state index in [1.54, 1.807) is 12.1 Å². The number of nitro benzene ring substituents is 1. The number of methoxy groups -OCH3 is 3. The highest BCUT2D eigenvalue weighted by Gasteiger charge is 2.17. The molecule has 0 heterocycles. The third-order valence-corrected chi connectivity index (χ3v) is 3.97. The Morgan fingerprint density at radius 3 is 2.29 bits per heavy atom. The van der Waals surface area contributed by atoms with E-state index in [9.17, 15) is 14.9 Å². The van der Waals surface area contributed by atoms with E-state index in [1.165, 1.54) is 33.5 Å². The van der Waals surface area contributed by atoms with E-state index in [1.807, 2.05) is 0 Å². The first-order chi connectivity index (χ1) is 13.4. The predicted octanol–water partition coefficient (Wildman–Crippen LogP) is 2.97. The average molecular weight is 411 g/mol. The van der Waals surface area contributed by atoms with Crippen LogP contribution in [0, 0.1) is 10.1 Å². The molecule has 0 radical (unpaired) electrons. The summed E-state index contributed by atoms with van der Waals surface area (Å²) >= 11 is 5.75. The van der Waals surface area contributed by atoms with Gasteiger partial charge in [0.1, 0.15) is 5.75 Å². The molecule has 0 spiro atoms. The van der Waals surface area contributed by atoms with Crippen LogP contribution in [0.15, 0.2) is 30.3 Å². The Kier molecular flexibility index (Phi) is 7.28. The summed E-state index contributed by atoms with van der Waals surface area (Å²) in [7, 11) is 4.50. The fourth-order valence-electron chi connectivity index (χ4n) is 2.37. The van der Waals surface area contributed by atoms with E-state index < -0.39 is 17.4 Å². The first kappa shape index (κ1) is 21.1. The molecule has 0 aliphatic carbocycles. The second-order valence-electron chi connectivity index (χ2n) is 5.45. The Morgan fingerprint density at radius 2 is 1.68 bits per heavy atom. The molecule has 0 aromatic heterocycles. The van der Waals surface area contributed by atoms with E-state index in [0.29, 0.717) is 22.8 Å². The van der Waals surface area contributed by atoms with Crippen molar-refractivity contribution in [3.8, 4) is 23.0 Å². The van der Waals surface area contributed by atoms with Gasteiger partial charge in [-0.2, -0.15) is 0 Å². The molecule has 10 heteroatoms. The summed E-state index contributed by atoms with van der Waals surface area (Å²) in [5.74, 6) is 0.968. The lowest BCUT2D eigenvalue weighted by molar-refractivity contribution is -0.385. The highest BCUT2D eigenvalue weighted by Crippen LogP contribution is 2.34. The Morgan fingerprint density at radius 1 is 1.04 bits per heavy atom. The van der Waals surface area contributed by atoms with E-state index in [2.05, 4.69) is 5.32 Å². The third-order valence-electron chi connectivity index (χ3n) is 3.74. The zero-order valence-electron chi connectivity index (χ0n) is 15.5. The molecule has 2 rings (SSSR count). The number of rotatable bonds is 9. The van der Waals surface area contributed by atoms with Gasteiger partial charge in [0.2, 0.25) is 0 Å². The molecule has 0 saturated heterocycles. The van der Waals surface area contributed by atoms with Crippen molar-refractivity contribution in [1.82, 2.24) is 5.32 Å². The standard InChI is InChI=1S/C18H19ClN2O7/c1-25-15-8-17(27-3)16(26-2)6-11(15)9-20-18(22)10-28-14-5-4-12(19)7-13(14)21(23)24/h4-8H,9-10H2,1-3H3,(H,20,22). The predicted molar refractivity (Wildman–Crippen MR) is 102 cm³/mol. The van der Waals surface area contributed by atoms with E-state index >= 15 is 0 Å². The molecule has 0 aliphatic heterocycles. The normalized spacial score (nSPS) is 10.1. The molecule has 1 N–H and O–H groups in total. The molecule has 1 amide bonds. The van der Waals surface area contributed by atoms with Gasteiger partial charge in [0.25, 0.3) is 5.91 Å². The first-order valence-corrected chi connectivity index (χ1v) is 8.39. The smallest absolute Gasteiger partial charge is 0.312 e. The summed E-state index contributed by atoms with van der Waals surface area (Å²) in [6.45, 7) is -0.271. The van der Waals surface area contributed by atoms with Crippen molar-refractivity contribution in [2.45, 2.75) is 6.54 Å². The minimum Gasteiger partial charge on any atom is -0.496 e. The third kappa shape index (κ3) is 5.17. The molecule has 150 valence electrons. The lowest BCUT2D eigenvalue weighted by Crippen LogP contribution is -2.28. The number of nitrogens with one attached hydrogen (secondary N) is 1. The van der Waals surface area contributed by atoms with Gasteiger partial charge in [0, 0.05) is 29.3 Å². The highest BCUT2D eigenvalue weighted by molar-refractivity contribution is 6.30. The van der Waals surface area contributed by atoms with Gasteiger partial charge in [-0.1, -0.05) is 11.6 Å². The average Bonchev–Trinajstić information content (AvgIpc) is 2.70. The minimum atomic E-state index is -0.631. The van der Waals surface area contributed by atoms with Crippen LogP contribution in [-0.4, -0.2) is 38.8 Å². The fraction of sp³-hybridized carbons (Fsp3) is 0.278. The molecule has 0 bridgehead atoms. The van der Waals surface area contributed by atoms with Crippen molar-refractivity contribution in [3.63, 3.8) is 0 Å². The summed E-state index contributed by atoms with van der Waals surface area (Å²) in [6.07, 6.45) is 0. The number of nitrogens with zero attached hydrogens (tertiary/aromatic N) is 1. The maximum Gasteiger partial charge on any atom is 0.312 e. The zero-order valence-corrected chi connectivity index (χ0v) is 16.2. The van der Waals surface area contributed by atoms with Crippen LogP contribution in [0.4, 0.5) is 5.69 Å². The summed E-state index contributed by atoms with van der Waals surface area (Å²) < 4.78 is 21.0. The van der Waals surface area contributed by atoms with Crippen LogP contribution in [0.2, 0.25) is 5.02 Å². The van der Waals surface area contributed by atoms with Crippen LogP contribution in [0.25, 0.3) is 0 Å². The quantitative estimate of drug-likeness (QED) is 0.500. The van der Waals surface area contributed by atoms with Crippen LogP contribution in [-0.2, 0) is 11.3 Å². The fourth-order valence-corrected chi connectivity index (χ4v) is 2.54. The lowest BCUT2D eigenvalue weighted by Gasteiger charge is -2.14. The van der Waals surface area contributed by atoms with Gasteiger partial charge in [0.15, 0.2) is 23.9 Å². The van der Waals surface area contributed by atoms with Crippen molar-refractivity contribution in [2.24, 2.45) is 0 Å². The Labute approximate surface area is 166 Å². The number of amides is 1. The second kappa shape index (κ2) is 9.65. The number of carbonyl (C=O) groups is 1. The summed E-state index contributed by atoms with van der Waals surface area (Å²) in [5, 5.41) is 13.9. The molecule has 28 heavy (non-hydrogen) atoms. The number of halogens is 1. The zero-order chi connectivity index (χ0) is 20.7. The number of ether oxygens (including phenoxy) is 4. The Balaban J connectivity index is 2.03. The Hall–Kier alpha value is -3.20. The number of benzene rings is 2. The van der Waals surface area contributed by atoms with Gasteiger partial charge in [-0.25, -0.2) is 0 Å². The maximum atomic E-state index is 12.1. The van der Waals surface area contributed by atoms with Gasteiger partial charge in [-0.05, 0) is 18.2 Å². The first-order valence-electron chi connectivity index (χ1n) is 8.02. The molecular formula is C18H19ClN2O7. The van der Waals surface area contributed by atoms with E-state index in [0.717, 1.165) is 6.07 Å². The summed E-state index contributed by atoms with van der Waals surface area (Å²) in [5.41, 5.74) is 0.341.